The zero-order valence-electron chi connectivity index (χ0n) is 25.1. The third-order valence-corrected chi connectivity index (χ3v) is 7.07. The van der Waals surface area contributed by atoms with E-state index in [1.807, 2.05) is 49.5 Å². The Balaban J connectivity index is 0.000000360. The van der Waals surface area contributed by atoms with Crippen molar-refractivity contribution in [3.63, 3.8) is 0 Å². The summed E-state index contributed by atoms with van der Waals surface area (Å²) >= 11 is 0. The number of fused-ring (bicyclic) bond motifs is 2. The van der Waals surface area contributed by atoms with E-state index in [1.54, 1.807) is 13.3 Å². The molecule has 2 aromatic heterocycles. The van der Waals surface area contributed by atoms with Crippen LogP contribution in [0.3, 0.4) is 0 Å². The monoisotopic (exact) mass is 678 g/mol. The summed E-state index contributed by atoms with van der Waals surface area (Å²) in [4.78, 5) is 37.8. The number of amides is 1. The van der Waals surface area contributed by atoms with Crippen LogP contribution in [0.2, 0.25) is 0 Å². The lowest BCUT2D eigenvalue weighted by Crippen LogP contribution is -2.53. The van der Waals surface area contributed by atoms with Crippen molar-refractivity contribution in [1.82, 2.24) is 19.8 Å². The molecule has 1 amide bonds. The van der Waals surface area contributed by atoms with E-state index in [4.69, 9.17) is 33.7 Å². The van der Waals surface area contributed by atoms with Gasteiger partial charge >= 0.3 is 24.3 Å². The molecular weight excluding hydrogens is 646 g/mol. The van der Waals surface area contributed by atoms with Gasteiger partial charge in [-0.1, -0.05) is 12.1 Å². The number of aromatic nitrogens is 2. The predicted octanol–water partition coefficient (Wildman–Crippen LogP) is 4.27. The number of aliphatic carboxylic acids is 2. The average molecular weight is 679 g/mol. The summed E-state index contributed by atoms with van der Waals surface area (Å²) in [7, 11) is 1.64. The Bertz CT molecular complexity index is 1490. The van der Waals surface area contributed by atoms with Crippen LogP contribution in [0.15, 0.2) is 53.2 Å². The van der Waals surface area contributed by atoms with Gasteiger partial charge in [-0.15, -0.1) is 0 Å². The van der Waals surface area contributed by atoms with Crippen LogP contribution in [0.4, 0.5) is 26.3 Å². The van der Waals surface area contributed by atoms with E-state index in [2.05, 4.69) is 19.8 Å². The van der Waals surface area contributed by atoms with Crippen LogP contribution in [0.25, 0.3) is 0 Å². The number of carbonyl (C=O) groups is 3. The molecule has 1 atom stereocenters. The molecule has 0 saturated carbocycles. The standard InChI is InChI=1S/C25H30N4O4.2C2HF3O2/c1-18-6-7-21(32-18)16-28-11-8-25(9-12-28)24-26-10-13-29(24)17-22(33-25)23(30)27-15-19-4-3-5-20(14-19)31-2;2*3-2(4,5)1(6)7/h3-7,10,13-14,22H,8-9,11-12,15-17H2,1-2H3,(H,27,30);2*(H,6,7). The van der Waals surface area contributed by atoms with Gasteiger partial charge in [0.2, 0.25) is 0 Å². The van der Waals surface area contributed by atoms with Crippen molar-refractivity contribution >= 4 is 17.8 Å². The van der Waals surface area contributed by atoms with Crippen molar-refractivity contribution in [2.45, 2.75) is 63.5 Å². The van der Waals surface area contributed by atoms with Gasteiger partial charge in [-0.25, -0.2) is 14.6 Å². The Morgan fingerprint density at radius 1 is 1.04 bits per heavy atom. The third-order valence-electron chi connectivity index (χ3n) is 7.07. The van der Waals surface area contributed by atoms with E-state index >= 15 is 0 Å². The van der Waals surface area contributed by atoms with E-state index in [9.17, 15) is 31.1 Å². The van der Waals surface area contributed by atoms with Crippen LogP contribution in [-0.4, -0.2) is 81.2 Å². The molecule has 0 radical (unpaired) electrons. The number of ether oxygens (including phenoxy) is 2. The zero-order valence-corrected chi connectivity index (χ0v) is 25.1. The Morgan fingerprint density at radius 2 is 1.66 bits per heavy atom. The van der Waals surface area contributed by atoms with Crippen LogP contribution < -0.4 is 10.1 Å². The molecule has 1 spiro atoms. The largest absolute Gasteiger partial charge is 0.497 e. The van der Waals surface area contributed by atoms with Gasteiger partial charge in [-0.3, -0.25) is 9.69 Å². The minimum absolute atomic E-state index is 0.106. The molecular formula is C29H32F6N4O8. The molecule has 1 saturated heterocycles. The predicted molar refractivity (Wildman–Crippen MR) is 149 cm³/mol. The number of piperidine rings is 1. The first kappa shape index (κ1) is 36.9. The van der Waals surface area contributed by atoms with Crippen molar-refractivity contribution in [3.8, 4) is 5.75 Å². The molecule has 1 aromatic carbocycles. The summed E-state index contributed by atoms with van der Waals surface area (Å²) in [5, 5.41) is 17.3. The first-order chi connectivity index (χ1) is 21.9. The number of nitrogens with one attached hydrogen (secondary N) is 1. The number of nitrogens with zero attached hydrogens (tertiary/aromatic N) is 3. The minimum Gasteiger partial charge on any atom is -0.497 e. The molecule has 4 heterocycles. The molecule has 47 heavy (non-hydrogen) atoms. The number of halogens is 6. The number of carboxylic acids is 2. The highest BCUT2D eigenvalue weighted by molar-refractivity contribution is 5.81. The summed E-state index contributed by atoms with van der Waals surface area (Å²) in [5.41, 5.74) is 0.438. The molecule has 258 valence electrons. The Labute approximate surface area is 263 Å². The van der Waals surface area contributed by atoms with Gasteiger partial charge in [-0.2, -0.15) is 26.3 Å². The van der Waals surface area contributed by atoms with Crippen molar-refractivity contribution in [3.05, 3.63) is 71.7 Å². The lowest BCUT2D eigenvalue weighted by atomic mass is 9.88. The van der Waals surface area contributed by atoms with Crippen molar-refractivity contribution in [2.75, 3.05) is 20.2 Å². The fraction of sp³-hybridized carbons (Fsp3) is 0.448. The summed E-state index contributed by atoms with van der Waals surface area (Å²) in [6, 6.07) is 11.7. The number of aryl methyl sites for hydroxylation is 1. The Kier molecular flexibility index (Phi) is 12.0. The molecule has 2 aliphatic rings. The summed E-state index contributed by atoms with van der Waals surface area (Å²) in [5.74, 6) is -2.02. The normalized spacial score (nSPS) is 17.3. The third kappa shape index (κ3) is 10.5. The SMILES string of the molecule is COc1cccc(CNC(=O)C2Cn3ccnc3C3(CCN(Cc4ccc(C)o4)CC3)O2)c1.O=C(O)C(F)(F)F.O=C(O)C(F)(F)F. The molecule has 0 bridgehead atoms. The first-order valence-electron chi connectivity index (χ1n) is 13.9. The zero-order chi connectivity index (χ0) is 35.0. The number of imidazole rings is 1. The number of alkyl halides is 6. The number of benzene rings is 1. The number of methoxy groups -OCH3 is 1. The molecule has 18 heteroatoms. The van der Waals surface area contributed by atoms with Gasteiger partial charge in [0.1, 0.15) is 28.7 Å². The molecule has 0 aliphatic carbocycles. The fourth-order valence-corrected chi connectivity index (χ4v) is 4.82. The van der Waals surface area contributed by atoms with Crippen LogP contribution in [-0.2, 0) is 44.4 Å². The Morgan fingerprint density at radius 3 is 2.19 bits per heavy atom. The second-order valence-electron chi connectivity index (χ2n) is 10.5. The van der Waals surface area contributed by atoms with Gasteiger partial charge in [-0.05, 0) is 49.6 Å². The molecule has 5 rings (SSSR count). The van der Waals surface area contributed by atoms with Gasteiger partial charge in [0.05, 0.1) is 20.2 Å². The quantitative estimate of drug-likeness (QED) is 0.322. The molecule has 3 aromatic rings. The van der Waals surface area contributed by atoms with E-state index in [1.165, 1.54) is 0 Å². The van der Waals surface area contributed by atoms with Crippen LogP contribution >= 0.6 is 0 Å². The average Bonchev–Trinajstić information content (AvgIpc) is 3.66. The highest BCUT2D eigenvalue weighted by atomic mass is 19.4. The lowest BCUT2D eigenvalue weighted by molar-refractivity contribution is -0.193. The number of carboxylic acid groups (broad SMARTS) is 2. The first-order valence-corrected chi connectivity index (χ1v) is 13.9. The van der Waals surface area contributed by atoms with Gasteiger partial charge in [0.15, 0.2) is 6.10 Å². The van der Waals surface area contributed by atoms with E-state index in [-0.39, 0.29) is 5.91 Å². The van der Waals surface area contributed by atoms with Crippen molar-refractivity contribution in [2.24, 2.45) is 0 Å². The molecule has 1 fully saturated rings. The number of rotatable bonds is 6. The van der Waals surface area contributed by atoms with E-state index < -0.39 is 36.0 Å². The second-order valence-corrected chi connectivity index (χ2v) is 10.5. The smallest absolute Gasteiger partial charge is 0.490 e. The number of likely N-dealkylation sites (tertiary alicyclic amines) is 1. The highest BCUT2D eigenvalue weighted by Gasteiger charge is 2.47. The molecule has 3 N–H and O–H groups in total. The highest BCUT2D eigenvalue weighted by Crippen LogP contribution is 2.40. The maximum Gasteiger partial charge on any atom is 0.490 e. The summed E-state index contributed by atoms with van der Waals surface area (Å²) in [6.45, 7) is 5.34. The number of hydrogen-bond donors (Lipinski definition) is 3. The number of furan rings is 1. The van der Waals surface area contributed by atoms with Crippen LogP contribution in [0.1, 0.15) is 35.7 Å². The van der Waals surface area contributed by atoms with Crippen LogP contribution in [0.5, 0.6) is 5.75 Å². The van der Waals surface area contributed by atoms with Crippen LogP contribution in [0, 0.1) is 6.92 Å². The number of hydrogen-bond acceptors (Lipinski definition) is 8. The lowest BCUT2D eigenvalue weighted by Gasteiger charge is -2.45. The van der Waals surface area contributed by atoms with Crippen molar-refractivity contribution in [1.29, 1.82) is 0 Å². The van der Waals surface area contributed by atoms with Crippen molar-refractivity contribution < 1.29 is 64.8 Å². The molecule has 2 aliphatic heterocycles. The maximum absolute atomic E-state index is 13.1. The second kappa shape index (κ2) is 15.3. The maximum atomic E-state index is 13.1. The Hall–Kier alpha value is -4.58. The van der Waals surface area contributed by atoms with Gasteiger partial charge in [0, 0.05) is 32.0 Å². The summed E-state index contributed by atoms with van der Waals surface area (Å²) in [6.07, 6.45) is -5.42. The summed E-state index contributed by atoms with van der Waals surface area (Å²) < 4.78 is 83.1. The van der Waals surface area contributed by atoms with E-state index in [0.29, 0.717) is 13.1 Å². The number of carbonyl (C=O) groups excluding carboxylic acids is 1. The molecule has 1 unspecified atom stereocenters. The van der Waals surface area contributed by atoms with E-state index in [0.717, 1.165) is 61.1 Å². The molecule has 12 nitrogen and oxygen atoms in total. The topological polar surface area (TPSA) is 156 Å². The minimum atomic E-state index is -5.08. The van der Waals surface area contributed by atoms with Gasteiger partial charge in [0.25, 0.3) is 5.91 Å². The fourth-order valence-electron chi connectivity index (χ4n) is 4.82. The van der Waals surface area contributed by atoms with Gasteiger partial charge < -0.3 is 34.0 Å².